The van der Waals surface area contributed by atoms with Crippen LogP contribution in [-0.2, 0) is 10.8 Å². The van der Waals surface area contributed by atoms with Gasteiger partial charge in [-0.1, -0.05) is 160 Å². The van der Waals surface area contributed by atoms with E-state index in [-0.39, 0.29) is 10.8 Å². The SMILES string of the molecule is C=C(/C=C/C=C(/C)C(C)(C)c1c(C)ccc2ccccc12)C(C)(CC=C/C=C\C=C/C)c1c(C)ccc2ccccc12. The molecule has 0 aliphatic rings. The van der Waals surface area contributed by atoms with Crippen molar-refractivity contribution < 1.29 is 0 Å². The largest absolute Gasteiger partial charge is 0.0949 e. The van der Waals surface area contributed by atoms with Gasteiger partial charge in [0.15, 0.2) is 0 Å². The lowest BCUT2D eigenvalue weighted by atomic mass is 9.70. The lowest BCUT2D eigenvalue weighted by molar-refractivity contribution is 0.582. The van der Waals surface area contributed by atoms with Crippen molar-refractivity contribution in [3.05, 3.63) is 167 Å². The average Bonchev–Trinajstić information content (AvgIpc) is 2.98. The zero-order chi connectivity index (χ0) is 30.3. The van der Waals surface area contributed by atoms with E-state index in [4.69, 9.17) is 0 Å². The molecule has 0 saturated carbocycles. The second kappa shape index (κ2) is 13.2. The van der Waals surface area contributed by atoms with Crippen LogP contribution in [0.15, 0.2) is 145 Å². The van der Waals surface area contributed by atoms with Crippen molar-refractivity contribution in [1.29, 1.82) is 0 Å². The molecular formula is C42H46. The Morgan fingerprint density at radius 1 is 0.690 bits per heavy atom. The monoisotopic (exact) mass is 550 g/mol. The van der Waals surface area contributed by atoms with E-state index in [1.54, 1.807) is 0 Å². The molecule has 0 heteroatoms. The summed E-state index contributed by atoms with van der Waals surface area (Å²) in [7, 11) is 0. The molecule has 0 aliphatic carbocycles. The van der Waals surface area contributed by atoms with Crippen LogP contribution in [0.5, 0.6) is 0 Å². The van der Waals surface area contributed by atoms with Crippen LogP contribution >= 0.6 is 0 Å². The van der Waals surface area contributed by atoms with E-state index in [1.165, 1.54) is 49.4 Å². The summed E-state index contributed by atoms with van der Waals surface area (Å²) in [4.78, 5) is 0. The molecule has 0 N–H and O–H groups in total. The molecule has 1 atom stereocenters. The maximum Gasteiger partial charge on any atom is 0.0212 e. The number of hydrogen-bond donors (Lipinski definition) is 0. The van der Waals surface area contributed by atoms with E-state index in [9.17, 15) is 0 Å². The summed E-state index contributed by atoms with van der Waals surface area (Å²) in [5, 5.41) is 5.18. The minimum Gasteiger partial charge on any atom is -0.0949 e. The van der Waals surface area contributed by atoms with E-state index in [1.807, 2.05) is 13.0 Å². The third-order valence-corrected chi connectivity index (χ3v) is 8.98. The number of fused-ring (bicyclic) bond motifs is 2. The van der Waals surface area contributed by atoms with Crippen LogP contribution in [0.1, 0.15) is 63.3 Å². The normalized spacial score (nSPS) is 14.7. The maximum atomic E-state index is 4.67. The van der Waals surface area contributed by atoms with Crippen LogP contribution in [0, 0.1) is 13.8 Å². The minimum absolute atomic E-state index is 0.117. The van der Waals surface area contributed by atoms with Crippen LogP contribution in [0.4, 0.5) is 0 Å². The molecule has 0 radical (unpaired) electrons. The summed E-state index contributed by atoms with van der Waals surface area (Å²) >= 11 is 0. The van der Waals surface area contributed by atoms with Gasteiger partial charge < -0.3 is 0 Å². The number of allylic oxidation sites excluding steroid dienone is 11. The van der Waals surface area contributed by atoms with Crippen molar-refractivity contribution in [2.24, 2.45) is 0 Å². The summed E-state index contributed by atoms with van der Waals surface area (Å²) in [5.41, 5.74) is 7.41. The Morgan fingerprint density at radius 3 is 1.86 bits per heavy atom. The lowest BCUT2D eigenvalue weighted by Crippen LogP contribution is -2.24. The molecule has 42 heavy (non-hydrogen) atoms. The Kier molecular flexibility index (Phi) is 9.69. The summed E-state index contributed by atoms with van der Waals surface area (Å²) in [6.07, 6.45) is 20.2. The van der Waals surface area contributed by atoms with Gasteiger partial charge in [0.1, 0.15) is 0 Å². The van der Waals surface area contributed by atoms with Gasteiger partial charge in [0.05, 0.1) is 0 Å². The zero-order valence-electron chi connectivity index (χ0n) is 26.5. The Balaban J connectivity index is 1.72. The minimum atomic E-state index is -0.268. The van der Waals surface area contributed by atoms with E-state index in [2.05, 4.69) is 170 Å². The molecule has 0 amide bonds. The van der Waals surface area contributed by atoms with Crippen molar-refractivity contribution in [1.82, 2.24) is 0 Å². The highest BCUT2D eigenvalue weighted by Gasteiger charge is 2.31. The topological polar surface area (TPSA) is 0 Å². The molecule has 0 heterocycles. The number of benzene rings is 4. The molecule has 1 unspecified atom stereocenters. The standard InChI is InChI=1S/C42H46/c1-9-10-11-12-13-18-30-42(8,40-32(3)27-29-36-23-15-17-25-38(36)40)34(5)21-19-20-33(4)41(6,7)39-31(2)26-28-35-22-14-16-24-37(35)39/h9-29H,5,30H2,1-4,6-8H3/b10-9-,12-11-,18-13?,21-19+,33-20-. The second-order valence-electron chi connectivity index (χ2n) is 12.2. The third kappa shape index (κ3) is 6.34. The average molecular weight is 551 g/mol. The molecule has 0 aliphatic heterocycles. The molecule has 0 bridgehead atoms. The van der Waals surface area contributed by atoms with Crippen LogP contribution in [-0.4, -0.2) is 0 Å². The van der Waals surface area contributed by atoms with Crippen molar-refractivity contribution in [2.75, 3.05) is 0 Å². The van der Waals surface area contributed by atoms with E-state index in [0.29, 0.717) is 0 Å². The quantitative estimate of drug-likeness (QED) is 0.172. The maximum absolute atomic E-state index is 4.67. The lowest BCUT2D eigenvalue weighted by Gasteiger charge is -2.33. The highest BCUT2D eigenvalue weighted by atomic mass is 14.3. The number of aryl methyl sites for hydroxylation is 2. The van der Waals surface area contributed by atoms with Gasteiger partial charge in [-0.25, -0.2) is 0 Å². The van der Waals surface area contributed by atoms with E-state index < -0.39 is 0 Å². The predicted octanol–water partition coefficient (Wildman–Crippen LogP) is 12.0. The fraction of sp³-hybridized carbons (Fsp3) is 0.238. The molecule has 4 rings (SSSR count). The van der Waals surface area contributed by atoms with Crippen molar-refractivity contribution >= 4 is 21.5 Å². The van der Waals surface area contributed by atoms with Crippen LogP contribution in [0.2, 0.25) is 0 Å². The summed E-state index contributed by atoms with van der Waals surface area (Å²) < 4.78 is 0. The number of hydrogen-bond acceptors (Lipinski definition) is 0. The molecule has 0 saturated heterocycles. The molecule has 4 aromatic rings. The molecular weight excluding hydrogens is 504 g/mol. The van der Waals surface area contributed by atoms with Gasteiger partial charge >= 0.3 is 0 Å². The highest BCUT2D eigenvalue weighted by molar-refractivity contribution is 5.89. The van der Waals surface area contributed by atoms with Gasteiger partial charge in [-0.05, 0) is 83.5 Å². The third-order valence-electron chi connectivity index (χ3n) is 8.98. The van der Waals surface area contributed by atoms with Gasteiger partial charge in [-0.3, -0.25) is 0 Å². The predicted molar refractivity (Wildman–Crippen MR) is 187 cm³/mol. The van der Waals surface area contributed by atoms with Gasteiger partial charge in [0.25, 0.3) is 0 Å². The van der Waals surface area contributed by atoms with Gasteiger partial charge in [0, 0.05) is 10.8 Å². The van der Waals surface area contributed by atoms with Gasteiger partial charge in [-0.2, -0.15) is 0 Å². The summed E-state index contributed by atoms with van der Waals surface area (Å²) in [6.45, 7) is 20.4. The smallest absolute Gasteiger partial charge is 0.0212 e. The van der Waals surface area contributed by atoms with E-state index >= 15 is 0 Å². The fourth-order valence-corrected chi connectivity index (χ4v) is 6.24. The first-order valence-corrected chi connectivity index (χ1v) is 15.1. The molecule has 4 aromatic carbocycles. The second-order valence-corrected chi connectivity index (χ2v) is 12.2. The van der Waals surface area contributed by atoms with Gasteiger partial charge in [-0.15, -0.1) is 0 Å². The van der Waals surface area contributed by atoms with Crippen LogP contribution < -0.4 is 0 Å². The Morgan fingerprint density at radius 2 is 1.24 bits per heavy atom. The summed E-state index contributed by atoms with van der Waals surface area (Å²) in [6, 6.07) is 26.4. The van der Waals surface area contributed by atoms with Crippen molar-refractivity contribution in [2.45, 2.75) is 65.7 Å². The molecule has 0 aromatic heterocycles. The molecule has 0 spiro atoms. The Labute approximate surface area is 254 Å². The molecule has 0 nitrogen and oxygen atoms in total. The Hall–Kier alpha value is -4.16. The number of rotatable bonds is 10. The Bertz CT molecular complexity index is 1730. The zero-order valence-corrected chi connectivity index (χ0v) is 26.5. The van der Waals surface area contributed by atoms with Crippen LogP contribution in [0.25, 0.3) is 21.5 Å². The molecule has 0 fully saturated rings. The van der Waals surface area contributed by atoms with E-state index in [0.717, 1.165) is 12.0 Å². The first-order chi connectivity index (χ1) is 20.1. The van der Waals surface area contributed by atoms with Crippen LogP contribution in [0.3, 0.4) is 0 Å². The first kappa shape index (κ1) is 30.8. The van der Waals surface area contributed by atoms with Crippen molar-refractivity contribution in [3.8, 4) is 0 Å². The first-order valence-electron chi connectivity index (χ1n) is 15.1. The molecule has 214 valence electrons. The fourth-order valence-electron chi connectivity index (χ4n) is 6.24. The summed E-state index contributed by atoms with van der Waals surface area (Å²) in [5.74, 6) is 0. The highest BCUT2D eigenvalue weighted by Crippen LogP contribution is 2.42. The van der Waals surface area contributed by atoms with Gasteiger partial charge in [0.2, 0.25) is 0 Å². The van der Waals surface area contributed by atoms with Crippen molar-refractivity contribution in [3.63, 3.8) is 0 Å².